The number of carbonyl (C=O) groups excluding carboxylic acids is 3. The minimum absolute atomic E-state index is 0.0741. The lowest BCUT2D eigenvalue weighted by Gasteiger charge is -2.13. The number of amides is 3. The normalized spacial score (nSPS) is 11.3. The molecule has 2 N–H and O–H groups in total. The molecular weight excluding hydrogens is 396 g/mol. The molecule has 8 heteroatoms. The minimum atomic E-state index is -0.728. The highest BCUT2D eigenvalue weighted by Gasteiger charge is 2.17. The Bertz CT molecular complexity index is 854. The summed E-state index contributed by atoms with van der Waals surface area (Å²) in [5.74, 6) is -1.13. The third-order valence-electron chi connectivity index (χ3n) is 3.99. The van der Waals surface area contributed by atoms with Gasteiger partial charge < -0.3 is 14.8 Å². The molecule has 2 rings (SSSR count). The van der Waals surface area contributed by atoms with E-state index in [4.69, 9.17) is 21.1 Å². The summed E-state index contributed by atoms with van der Waals surface area (Å²) < 4.78 is 10.7. The molecule has 2 aromatic rings. The molecule has 0 heterocycles. The van der Waals surface area contributed by atoms with Gasteiger partial charge in [0.1, 0.15) is 17.9 Å². The van der Waals surface area contributed by atoms with Crippen LogP contribution in [0.25, 0.3) is 0 Å². The molecule has 0 unspecified atom stereocenters. The number of hydrogen-bond donors (Lipinski definition) is 2. The highest BCUT2D eigenvalue weighted by molar-refractivity contribution is 6.30. The van der Waals surface area contributed by atoms with Gasteiger partial charge in [0.15, 0.2) is 6.61 Å². The highest BCUT2D eigenvalue weighted by atomic mass is 35.5. The van der Waals surface area contributed by atoms with Crippen LogP contribution in [0.15, 0.2) is 48.5 Å². The van der Waals surface area contributed by atoms with Crippen molar-refractivity contribution in [1.29, 1.82) is 0 Å². The van der Waals surface area contributed by atoms with E-state index in [0.717, 1.165) is 12.0 Å². The molecule has 0 aliphatic heterocycles. The molecule has 2 aromatic carbocycles. The predicted octanol–water partition coefficient (Wildman–Crippen LogP) is 3.70. The molecule has 0 aromatic heterocycles. The molecule has 0 aliphatic carbocycles. The number of para-hydroxylation sites is 1. The predicted molar refractivity (Wildman–Crippen MR) is 109 cm³/mol. The first kappa shape index (κ1) is 22.2. The summed E-state index contributed by atoms with van der Waals surface area (Å²) in [4.78, 5) is 35.7. The number of halogens is 1. The van der Waals surface area contributed by atoms with E-state index >= 15 is 0 Å². The van der Waals surface area contributed by atoms with E-state index in [1.54, 1.807) is 30.3 Å². The van der Waals surface area contributed by atoms with Gasteiger partial charge in [-0.25, -0.2) is 9.59 Å². The third kappa shape index (κ3) is 7.46. The number of hydrogen-bond acceptors (Lipinski definition) is 5. The van der Waals surface area contributed by atoms with Crippen molar-refractivity contribution in [2.45, 2.75) is 32.9 Å². The first-order chi connectivity index (χ1) is 13.9. The Morgan fingerprint density at radius 1 is 1.07 bits per heavy atom. The van der Waals surface area contributed by atoms with E-state index in [-0.39, 0.29) is 18.2 Å². The van der Waals surface area contributed by atoms with Gasteiger partial charge in [0.2, 0.25) is 0 Å². The molecule has 0 spiro atoms. The lowest BCUT2D eigenvalue weighted by Crippen LogP contribution is -2.44. The van der Waals surface area contributed by atoms with Gasteiger partial charge in [-0.2, -0.15) is 0 Å². The average Bonchev–Trinajstić information content (AvgIpc) is 2.71. The fourth-order valence-corrected chi connectivity index (χ4v) is 2.36. The summed E-state index contributed by atoms with van der Waals surface area (Å²) in [7, 11) is 0. The van der Waals surface area contributed by atoms with Crippen LogP contribution in [0.4, 0.5) is 4.79 Å². The zero-order chi connectivity index (χ0) is 21.2. The largest absolute Gasteiger partial charge is 0.488 e. The van der Waals surface area contributed by atoms with Crippen molar-refractivity contribution in [2.24, 2.45) is 0 Å². The molecule has 0 saturated heterocycles. The van der Waals surface area contributed by atoms with Crippen molar-refractivity contribution in [3.8, 4) is 5.75 Å². The van der Waals surface area contributed by atoms with Crippen molar-refractivity contribution in [1.82, 2.24) is 10.6 Å². The number of carbonyl (C=O) groups is 3. The summed E-state index contributed by atoms with van der Waals surface area (Å²) in [6.45, 7) is 3.36. The van der Waals surface area contributed by atoms with Crippen molar-refractivity contribution < 1.29 is 23.9 Å². The van der Waals surface area contributed by atoms with Crippen LogP contribution in [0.3, 0.4) is 0 Å². The van der Waals surface area contributed by atoms with Crippen LogP contribution >= 0.6 is 11.6 Å². The summed E-state index contributed by atoms with van der Waals surface area (Å²) >= 11 is 5.86. The number of esters is 1. The Morgan fingerprint density at radius 3 is 2.45 bits per heavy atom. The molecule has 1 atom stereocenters. The van der Waals surface area contributed by atoms with Gasteiger partial charge in [-0.1, -0.05) is 42.8 Å². The smallest absolute Gasteiger partial charge is 0.342 e. The molecule has 29 heavy (non-hydrogen) atoms. The Kier molecular flexibility index (Phi) is 8.48. The highest BCUT2D eigenvalue weighted by Crippen LogP contribution is 2.21. The second kappa shape index (κ2) is 11.1. The van der Waals surface area contributed by atoms with Gasteiger partial charge in [0.05, 0.1) is 0 Å². The SMILES string of the molecule is CC[C@H](C)NC(=O)NC(=O)COC(=O)c1ccccc1OCc1ccc(Cl)cc1. The molecule has 0 bridgehead atoms. The zero-order valence-electron chi connectivity index (χ0n) is 16.2. The summed E-state index contributed by atoms with van der Waals surface area (Å²) in [6, 6.07) is 13.0. The Balaban J connectivity index is 1.89. The fraction of sp³-hybridized carbons (Fsp3) is 0.286. The van der Waals surface area contributed by atoms with E-state index in [1.165, 1.54) is 6.07 Å². The number of benzene rings is 2. The lowest BCUT2D eigenvalue weighted by atomic mass is 10.2. The van der Waals surface area contributed by atoms with Gasteiger partial charge in [-0.15, -0.1) is 0 Å². The molecule has 3 amide bonds. The summed E-state index contributed by atoms with van der Waals surface area (Å²) in [6.07, 6.45) is 0.726. The Hall–Kier alpha value is -3.06. The molecular formula is C21H23ClN2O5. The first-order valence-corrected chi connectivity index (χ1v) is 9.50. The third-order valence-corrected chi connectivity index (χ3v) is 4.24. The fourth-order valence-electron chi connectivity index (χ4n) is 2.24. The van der Waals surface area contributed by atoms with Crippen LogP contribution in [-0.2, 0) is 16.1 Å². The quantitative estimate of drug-likeness (QED) is 0.637. The van der Waals surface area contributed by atoms with Gasteiger partial charge in [-0.05, 0) is 43.2 Å². The Morgan fingerprint density at radius 2 is 1.76 bits per heavy atom. The van der Waals surface area contributed by atoms with E-state index in [1.807, 2.05) is 26.0 Å². The first-order valence-electron chi connectivity index (χ1n) is 9.12. The number of urea groups is 1. The van der Waals surface area contributed by atoms with Gasteiger partial charge in [0.25, 0.3) is 5.91 Å². The number of imide groups is 1. The topological polar surface area (TPSA) is 93.7 Å². The van der Waals surface area contributed by atoms with E-state index in [2.05, 4.69) is 10.6 Å². The van der Waals surface area contributed by atoms with Crippen LogP contribution < -0.4 is 15.4 Å². The molecule has 7 nitrogen and oxygen atoms in total. The van der Waals surface area contributed by atoms with E-state index in [9.17, 15) is 14.4 Å². The van der Waals surface area contributed by atoms with Crippen LogP contribution in [0, 0.1) is 0 Å². The van der Waals surface area contributed by atoms with Crippen molar-refractivity contribution >= 4 is 29.5 Å². The zero-order valence-corrected chi connectivity index (χ0v) is 17.0. The number of nitrogens with one attached hydrogen (secondary N) is 2. The Labute approximate surface area is 174 Å². The molecule has 0 radical (unpaired) electrons. The number of rotatable bonds is 8. The van der Waals surface area contributed by atoms with Gasteiger partial charge in [0, 0.05) is 11.1 Å². The van der Waals surface area contributed by atoms with Crippen LogP contribution in [0.1, 0.15) is 36.2 Å². The second-order valence-electron chi connectivity index (χ2n) is 6.32. The maximum Gasteiger partial charge on any atom is 0.342 e. The van der Waals surface area contributed by atoms with E-state index < -0.39 is 24.5 Å². The lowest BCUT2D eigenvalue weighted by molar-refractivity contribution is -0.123. The molecule has 154 valence electrons. The maximum atomic E-state index is 12.3. The minimum Gasteiger partial charge on any atom is -0.488 e. The van der Waals surface area contributed by atoms with Gasteiger partial charge >= 0.3 is 12.0 Å². The van der Waals surface area contributed by atoms with Crippen molar-refractivity contribution in [3.05, 3.63) is 64.7 Å². The number of ether oxygens (including phenoxy) is 2. The van der Waals surface area contributed by atoms with Gasteiger partial charge in [-0.3, -0.25) is 10.1 Å². The summed E-state index contributed by atoms with van der Waals surface area (Å²) in [5, 5.41) is 5.31. The van der Waals surface area contributed by atoms with Crippen LogP contribution in [0.2, 0.25) is 5.02 Å². The van der Waals surface area contributed by atoms with Crippen molar-refractivity contribution in [2.75, 3.05) is 6.61 Å². The van der Waals surface area contributed by atoms with E-state index in [0.29, 0.717) is 10.8 Å². The monoisotopic (exact) mass is 418 g/mol. The average molecular weight is 419 g/mol. The van der Waals surface area contributed by atoms with Crippen LogP contribution in [-0.4, -0.2) is 30.6 Å². The second-order valence-corrected chi connectivity index (χ2v) is 6.75. The van der Waals surface area contributed by atoms with Crippen LogP contribution in [0.5, 0.6) is 5.75 Å². The standard InChI is InChI=1S/C21H23ClN2O5/c1-3-14(2)23-21(27)24-19(25)13-29-20(26)17-6-4-5-7-18(17)28-12-15-8-10-16(22)11-9-15/h4-11,14H,3,12-13H2,1-2H3,(H2,23,24,25,27)/t14-/m0/s1. The maximum absolute atomic E-state index is 12.3. The summed E-state index contributed by atoms with van der Waals surface area (Å²) in [5.41, 5.74) is 1.06. The molecule has 0 aliphatic rings. The van der Waals surface area contributed by atoms with Crippen molar-refractivity contribution in [3.63, 3.8) is 0 Å². The molecule has 0 saturated carbocycles. The molecule has 0 fully saturated rings.